The van der Waals surface area contributed by atoms with Gasteiger partial charge in [-0.2, -0.15) is 0 Å². The van der Waals surface area contributed by atoms with Crippen molar-refractivity contribution in [3.05, 3.63) is 6.92 Å². The van der Waals surface area contributed by atoms with Gasteiger partial charge in [-0.3, -0.25) is 0 Å². The van der Waals surface area contributed by atoms with Gasteiger partial charge in [-0.15, -0.1) is 0 Å². The Morgan fingerprint density at radius 1 is 1.44 bits per heavy atom. The van der Waals surface area contributed by atoms with Gasteiger partial charge < -0.3 is 0 Å². The van der Waals surface area contributed by atoms with E-state index >= 15 is 0 Å². The van der Waals surface area contributed by atoms with Gasteiger partial charge in [-0.1, -0.05) is 46.2 Å². The van der Waals surface area contributed by atoms with Crippen LogP contribution in [0.4, 0.5) is 0 Å². The monoisotopic (exact) mass is 143 g/mol. The fourth-order valence-electron chi connectivity index (χ4n) is 0.800. The molecule has 0 aliphatic carbocycles. The van der Waals surface area contributed by atoms with Crippen molar-refractivity contribution in [1.29, 1.82) is 0 Å². The Hall–Kier alpha value is 0.217. The van der Waals surface area contributed by atoms with E-state index in [1.165, 1.54) is 19.3 Å². The van der Waals surface area contributed by atoms with Crippen LogP contribution in [0.5, 0.6) is 0 Å². The van der Waals surface area contributed by atoms with Crippen LogP contribution < -0.4 is 0 Å². The highest BCUT2D eigenvalue weighted by Gasteiger charge is 2.06. The van der Waals surface area contributed by atoms with E-state index in [9.17, 15) is 0 Å². The molecule has 0 fully saturated rings. The van der Waals surface area contributed by atoms with E-state index in [0.717, 1.165) is 5.54 Å². The number of rotatable bonds is 4. The molecule has 0 rings (SSSR count). The molecule has 0 saturated carbocycles. The van der Waals surface area contributed by atoms with Crippen molar-refractivity contribution in [3.63, 3.8) is 0 Å². The van der Waals surface area contributed by atoms with Gasteiger partial charge in [0.1, 0.15) is 0 Å². The molecule has 0 spiro atoms. The third-order valence-corrected chi connectivity index (χ3v) is 4.09. The maximum absolute atomic E-state index is 4.14. The molecule has 0 amide bonds. The van der Waals surface area contributed by atoms with Crippen LogP contribution in [-0.4, -0.2) is 8.80 Å². The zero-order valence-corrected chi connectivity index (χ0v) is 8.14. The first-order valence-corrected chi connectivity index (χ1v) is 6.99. The summed E-state index contributed by atoms with van der Waals surface area (Å²) in [5.41, 5.74) is 0.810. The fraction of sp³-hybridized carbons (Fsp3) is 0.875. The molecule has 0 N–H and O–H groups in total. The van der Waals surface area contributed by atoms with Crippen LogP contribution in [0.1, 0.15) is 26.2 Å². The van der Waals surface area contributed by atoms with Gasteiger partial charge in [0.25, 0.3) is 0 Å². The lowest BCUT2D eigenvalue weighted by molar-refractivity contribution is 0.719. The summed E-state index contributed by atoms with van der Waals surface area (Å²) >= 11 is 0. The summed E-state index contributed by atoms with van der Waals surface area (Å²) in [7, 11) is -0.407. The summed E-state index contributed by atoms with van der Waals surface area (Å²) in [4.78, 5) is 0. The molecule has 1 unspecified atom stereocenters. The van der Waals surface area contributed by atoms with Crippen LogP contribution >= 0.6 is 0 Å². The van der Waals surface area contributed by atoms with E-state index in [0.29, 0.717) is 0 Å². The minimum atomic E-state index is -0.407. The molecule has 1 radical (unpaired) electrons. The second-order valence-corrected chi connectivity index (χ2v) is 6.58. The van der Waals surface area contributed by atoms with E-state index in [-0.39, 0.29) is 0 Å². The molecule has 0 saturated heterocycles. The Kier molecular flexibility index (Phi) is 5.16. The van der Waals surface area contributed by atoms with E-state index in [1.54, 1.807) is 0 Å². The van der Waals surface area contributed by atoms with Crippen molar-refractivity contribution in [2.75, 3.05) is 0 Å². The summed E-state index contributed by atoms with van der Waals surface area (Å²) in [6.07, 6.45) is 4.06. The summed E-state index contributed by atoms with van der Waals surface area (Å²) in [5.74, 6) is 0. The molecular formula is C8H19Si. The maximum Gasteiger partial charge on any atom is 0.0337 e. The van der Waals surface area contributed by atoms with Crippen molar-refractivity contribution in [2.24, 2.45) is 0 Å². The second kappa shape index (κ2) is 5.04. The second-order valence-electron chi connectivity index (χ2n) is 3.15. The first-order chi connectivity index (χ1) is 4.18. The van der Waals surface area contributed by atoms with Gasteiger partial charge in [-0.05, 0) is 5.54 Å². The molecule has 0 bridgehead atoms. The highest BCUT2D eigenvalue weighted by molar-refractivity contribution is 6.57. The average Bonchev–Trinajstić information content (AvgIpc) is 1.82. The van der Waals surface area contributed by atoms with Gasteiger partial charge in [0.15, 0.2) is 0 Å². The van der Waals surface area contributed by atoms with Gasteiger partial charge in [0.2, 0.25) is 0 Å². The molecule has 0 nitrogen and oxygen atoms in total. The molecule has 0 aromatic carbocycles. The smallest absolute Gasteiger partial charge is 0.0337 e. The molecule has 9 heavy (non-hydrogen) atoms. The standard InChI is InChI=1S/C8H19Si/c1-5-6-7-8(2)9(3)4/h8-9H,2,5-7H2,1,3-4H3. The van der Waals surface area contributed by atoms with Gasteiger partial charge >= 0.3 is 0 Å². The average molecular weight is 143 g/mol. The van der Waals surface area contributed by atoms with E-state index in [1.807, 2.05) is 0 Å². The van der Waals surface area contributed by atoms with E-state index in [2.05, 4.69) is 26.9 Å². The Balaban J connectivity index is 3.16. The van der Waals surface area contributed by atoms with Crippen molar-refractivity contribution in [1.82, 2.24) is 0 Å². The first-order valence-electron chi connectivity index (χ1n) is 4.01. The van der Waals surface area contributed by atoms with Crippen LogP contribution in [0.2, 0.25) is 18.6 Å². The zero-order valence-electron chi connectivity index (χ0n) is 6.98. The lowest BCUT2D eigenvalue weighted by atomic mass is 10.2. The largest absolute Gasteiger partial charge is 0.0720 e. The Bertz CT molecular complexity index is 59.6. The number of hydrogen-bond donors (Lipinski definition) is 0. The fourth-order valence-corrected chi connectivity index (χ4v) is 1.70. The molecule has 55 valence electrons. The SMILES string of the molecule is [CH2]C(CCCC)[SiH](C)C. The summed E-state index contributed by atoms with van der Waals surface area (Å²) in [6.45, 7) is 11.1. The highest BCUT2D eigenvalue weighted by atomic mass is 28.3. The Labute approximate surface area is 61.3 Å². The number of hydrogen-bond acceptors (Lipinski definition) is 0. The molecule has 0 aromatic heterocycles. The lowest BCUT2D eigenvalue weighted by Gasteiger charge is -2.12. The predicted molar refractivity (Wildman–Crippen MR) is 47.5 cm³/mol. The maximum atomic E-state index is 4.14. The quantitative estimate of drug-likeness (QED) is 0.531. The van der Waals surface area contributed by atoms with Gasteiger partial charge in [0, 0.05) is 8.80 Å². The van der Waals surface area contributed by atoms with E-state index in [4.69, 9.17) is 0 Å². The van der Waals surface area contributed by atoms with Gasteiger partial charge in [-0.25, -0.2) is 0 Å². The van der Waals surface area contributed by atoms with Crippen molar-refractivity contribution in [2.45, 2.75) is 44.8 Å². The third-order valence-electron chi connectivity index (χ3n) is 1.87. The zero-order chi connectivity index (χ0) is 7.28. The normalized spacial score (nSPS) is 14.3. The van der Waals surface area contributed by atoms with Crippen molar-refractivity contribution >= 4 is 8.80 Å². The Morgan fingerprint density at radius 3 is 2.33 bits per heavy atom. The minimum absolute atomic E-state index is 0.407. The van der Waals surface area contributed by atoms with Crippen LogP contribution in [0, 0.1) is 6.92 Å². The molecule has 1 atom stereocenters. The van der Waals surface area contributed by atoms with Crippen LogP contribution in [0.25, 0.3) is 0 Å². The molecule has 0 aromatic rings. The molecule has 1 heteroatoms. The van der Waals surface area contributed by atoms with Crippen LogP contribution in [0.3, 0.4) is 0 Å². The van der Waals surface area contributed by atoms with Crippen molar-refractivity contribution < 1.29 is 0 Å². The van der Waals surface area contributed by atoms with Crippen LogP contribution in [-0.2, 0) is 0 Å². The lowest BCUT2D eigenvalue weighted by Crippen LogP contribution is -2.08. The topological polar surface area (TPSA) is 0 Å². The predicted octanol–water partition coefficient (Wildman–Crippen LogP) is 2.87. The minimum Gasteiger partial charge on any atom is -0.0720 e. The molecule has 0 aliphatic heterocycles. The van der Waals surface area contributed by atoms with Crippen molar-refractivity contribution in [3.8, 4) is 0 Å². The molecule has 0 aliphatic rings. The molecule has 0 heterocycles. The summed E-state index contributed by atoms with van der Waals surface area (Å²) < 4.78 is 0. The highest BCUT2D eigenvalue weighted by Crippen LogP contribution is 2.16. The summed E-state index contributed by atoms with van der Waals surface area (Å²) in [5, 5.41) is 0. The van der Waals surface area contributed by atoms with Crippen LogP contribution in [0.15, 0.2) is 0 Å². The molecular weight excluding hydrogens is 124 g/mol. The van der Waals surface area contributed by atoms with E-state index < -0.39 is 8.80 Å². The number of unbranched alkanes of at least 4 members (excludes halogenated alkanes) is 1. The third kappa shape index (κ3) is 4.70. The first kappa shape index (κ1) is 9.22. The van der Waals surface area contributed by atoms with Gasteiger partial charge in [0.05, 0.1) is 0 Å². The summed E-state index contributed by atoms with van der Waals surface area (Å²) in [6, 6.07) is 0. The Morgan fingerprint density at radius 2 is 2.00 bits per heavy atom.